The van der Waals surface area contributed by atoms with E-state index >= 15 is 0 Å². The molecule has 4 nitrogen and oxygen atoms in total. The van der Waals surface area contributed by atoms with E-state index in [1.54, 1.807) is 12.4 Å². The Morgan fingerprint density at radius 2 is 2.27 bits per heavy atom. The molecule has 2 aromatic heterocycles. The van der Waals surface area contributed by atoms with Crippen LogP contribution in [0.1, 0.15) is 18.5 Å². The Balaban J connectivity index is 2.18. The summed E-state index contributed by atoms with van der Waals surface area (Å²) in [5.74, 6) is 0. The average molecular weight is 221 g/mol. The zero-order chi connectivity index (χ0) is 10.7. The summed E-state index contributed by atoms with van der Waals surface area (Å²) in [6.45, 7) is 1.94. The van der Waals surface area contributed by atoms with Crippen LogP contribution in [0.3, 0.4) is 0 Å². The molecule has 5 heteroatoms. The molecule has 0 radical (unpaired) electrons. The van der Waals surface area contributed by atoms with Gasteiger partial charge < -0.3 is 10.2 Å². The molecule has 0 saturated heterocycles. The van der Waals surface area contributed by atoms with Gasteiger partial charge in [0, 0.05) is 12.2 Å². The Bertz CT molecular complexity index is 428. The molecule has 0 saturated carbocycles. The fourth-order valence-electron chi connectivity index (χ4n) is 1.11. The van der Waals surface area contributed by atoms with Crippen LogP contribution in [0, 0.1) is 0 Å². The maximum Gasteiger partial charge on any atom is 0.261 e. The smallest absolute Gasteiger partial charge is 0.261 e. The number of nitrogens with two attached hydrogens (primary N) is 1. The van der Waals surface area contributed by atoms with E-state index < -0.39 is 0 Å². The number of aromatic nitrogens is 2. The normalized spacial score (nSPS) is 12.7. The second kappa shape index (κ2) is 4.46. The Morgan fingerprint density at radius 3 is 2.93 bits per heavy atom. The molecule has 2 N–H and O–H groups in total. The lowest BCUT2D eigenvalue weighted by Crippen LogP contribution is -2.04. The van der Waals surface area contributed by atoms with Gasteiger partial charge in [-0.05, 0) is 36.4 Å². The van der Waals surface area contributed by atoms with Gasteiger partial charge in [0.25, 0.3) is 5.22 Å². The molecule has 0 spiro atoms. The molecule has 0 aromatic carbocycles. The summed E-state index contributed by atoms with van der Waals surface area (Å²) in [6, 6.07) is 3.86. The first-order chi connectivity index (χ1) is 7.25. The van der Waals surface area contributed by atoms with Gasteiger partial charge in [-0.15, -0.1) is 0 Å². The van der Waals surface area contributed by atoms with Crippen LogP contribution in [0.15, 0.2) is 45.5 Å². The predicted octanol–water partition coefficient (Wildman–Crippen LogP) is 2.24. The fraction of sp³-hybridized carbons (Fsp3) is 0.200. The molecule has 0 aliphatic carbocycles. The van der Waals surface area contributed by atoms with Crippen molar-refractivity contribution in [2.75, 3.05) is 0 Å². The van der Waals surface area contributed by atoms with Crippen LogP contribution in [-0.2, 0) is 0 Å². The molecule has 0 amide bonds. The Labute approximate surface area is 91.9 Å². The molecule has 2 rings (SSSR count). The predicted molar refractivity (Wildman–Crippen MR) is 57.5 cm³/mol. The van der Waals surface area contributed by atoms with Gasteiger partial charge in [-0.2, -0.15) is 0 Å². The quantitative estimate of drug-likeness (QED) is 0.861. The molecule has 1 atom stereocenters. The van der Waals surface area contributed by atoms with E-state index in [-0.39, 0.29) is 6.04 Å². The van der Waals surface area contributed by atoms with Crippen molar-refractivity contribution in [3.8, 4) is 0 Å². The van der Waals surface area contributed by atoms with Crippen molar-refractivity contribution in [1.82, 2.24) is 9.97 Å². The number of nitrogens with zero attached hydrogens (tertiary/aromatic N) is 2. The molecule has 0 fully saturated rings. The minimum atomic E-state index is 0.0110. The van der Waals surface area contributed by atoms with E-state index in [4.69, 9.17) is 10.2 Å². The summed E-state index contributed by atoms with van der Waals surface area (Å²) >= 11 is 1.38. The molecule has 0 bridgehead atoms. The molecule has 0 unspecified atom stereocenters. The molecular weight excluding hydrogens is 210 g/mol. The zero-order valence-electron chi connectivity index (χ0n) is 8.25. The van der Waals surface area contributed by atoms with Gasteiger partial charge in [0.1, 0.15) is 11.3 Å². The van der Waals surface area contributed by atoms with Crippen molar-refractivity contribution in [3.63, 3.8) is 0 Å². The Hall–Kier alpha value is -1.33. The summed E-state index contributed by atoms with van der Waals surface area (Å²) in [7, 11) is 0. The average Bonchev–Trinajstić information content (AvgIpc) is 2.71. The second-order valence-electron chi connectivity index (χ2n) is 3.12. The van der Waals surface area contributed by atoms with E-state index in [1.807, 2.05) is 19.1 Å². The van der Waals surface area contributed by atoms with Crippen LogP contribution >= 0.6 is 11.8 Å². The second-order valence-corrected chi connectivity index (χ2v) is 4.09. The van der Waals surface area contributed by atoms with Crippen LogP contribution in [0.4, 0.5) is 0 Å². The van der Waals surface area contributed by atoms with Gasteiger partial charge in [-0.3, -0.25) is 0 Å². The third-order valence-electron chi connectivity index (χ3n) is 1.89. The first-order valence-electron chi connectivity index (χ1n) is 4.54. The van der Waals surface area contributed by atoms with Crippen molar-refractivity contribution in [3.05, 3.63) is 36.4 Å². The molecule has 78 valence electrons. The number of oxazole rings is 1. The summed E-state index contributed by atoms with van der Waals surface area (Å²) in [5.41, 5.74) is 6.83. The lowest BCUT2D eigenvalue weighted by molar-refractivity contribution is 0.454. The monoisotopic (exact) mass is 221 g/mol. The number of hydrogen-bond acceptors (Lipinski definition) is 5. The van der Waals surface area contributed by atoms with Crippen molar-refractivity contribution in [2.24, 2.45) is 5.73 Å². The van der Waals surface area contributed by atoms with E-state index in [2.05, 4.69) is 9.97 Å². The highest BCUT2D eigenvalue weighted by Gasteiger charge is 2.05. The van der Waals surface area contributed by atoms with Crippen molar-refractivity contribution in [2.45, 2.75) is 23.2 Å². The third kappa shape index (κ3) is 2.57. The van der Waals surface area contributed by atoms with E-state index in [9.17, 15) is 0 Å². The number of pyridine rings is 1. The van der Waals surface area contributed by atoms with Gasteiger partial charge in [0.15, 0.2) is 0 Å². The zero-order valence-corrected chi connectivity index (χ0v) is 9.07. The summed E-state index contributed by atoms with van der Waals surface area (Å²) in [4.78, 5) is 8.22. The van der Waals surface area contributed by atoms with Crippen LogP contribution in [-0.4, -0.2) is 9.97 Å². The topological polar surface area (TPSA) is 64.9 Å². The van der Waals surface area contributed by atoms with Crippen LogP contribution in [0.2, 0.25) is 0 Å². The first-order valence-corrected chi connectivity index (χ1v) is 5.36. The van der Waals surface area contributed by atoms with Gasteiger partial charge in [0.05, 0.1) is 6.20 Å². The highest BCUT2D eigenvalue weighted by molar-refractivity contribution is 7.99. The van der Waals surface area contributed by atoms with Crippen LogP contribution in [0.25, 0.3) is 0 Å². The van der Waals surface area contributed by atoms with Gasteiger partial charge >= 0.3 is 0 Å². The minimum Gasteiger partial charge on any atom is -0.440 e. The maximum atomic E-state index is 5.78. The van der Waals surface area contributed by atoms with Crippen molar-refractivity contribution < 1.29 is 4.42 Å². The van der Waals surface area contributed by atoms with E-state index in [0.29, 0.717) is 5.22 Å². The fourth-order valence-corrected chi connectivity index (χ4v) is 1.82. The summed E-state index contributed by atoms with van der Waals surface area (Å²) in [6.07, 6.45) is 4.89. The van der Waals surface area contributed by atoms with Crippen LogP contribution in [0.5, 0.6) is 0 Å². The number of rotatable bonds is 3. The summed E-state index contributed by atoms with van der Waals surface area (Å²) in [5, 5.41) is 1.43. The highest BCUT2D eigenvalue weighted by Crippen LogP contribution is 2.25. The van der Waals surface area contributed by atoms with Crippen LogP contribution < -0.4 is 5.73 Å². The molecule has 0 aliphatic rings. The summed E-state index contributed by atoms with van der Waals surface area (Å²) < 4.78 is 5.12. The van der Waals surface area contributed by atoms with Gasteiger partial charge in [-0.25, -0.2) is 9.97 Å². The molecular formula is C10H11N3OS. The molecule has 2 aromatic rings. The van der Waals surface area contributed by atoms with Crippen molar-refractivity contribution >= 4 is 11.8 Å². The largest absolute Gasteiger partial charge is 0.440 e. The third-order valence-corrected chi connectivity index (χ3v) is 2.69. The Morgan fingerprint density at radius 1 is 1.40 bits per heavy atom. The minimum absolute atomic E-state index is 0.0110. The SMILES string of the molecule is C[C@@H](N)c1ccnc(Sc2ncco2)c1. The molecule has 15 heavy (non-hydrogen) atoms. The molecule has 0 aliphatic heterocycles. The lowest BCUT2D eigenvalue weighted by atomic mass is 10.1. The Kier molecular flexibility index (Phi) is 3.03. The highest BCUT2D eigenvalue weighted by atomic mass is 32.2. The van der Waals surface area contributed by atoms with E-state index in [0.717, 1.165) is 10.6 Å². The maximum absolute atomic E-state index is 5.78. The van der Waals surface area contributed by atoms with Gasteiger partial charge in [0.2, 0.25) is 0 Å². The lowest BCUT2D eigenvalue weighted by Gasteiger charge is -2.05. The van der Waals surface area contributed by atoms with Gasteiger partial charge in [-0.1, -0.05) is 0 Å². The number of hydrogen-bond donors (Lipinski definition) is 1. The molecule has 2 heterocycles. The van der Waals surface area contributed by atoms with E-state index in [1.165, 1.54) is 18.0 Å². The van der Waals surface area contributed by atoms with Crippen molar-refractivity contribution in [1.29, 1.82) is 0 Å². The first kappa shape index (κ1) is 10.2. The standard InChI is InChI=1S/C10H11N3OS/c1-7(11)8-2-3-12-9(6-8)15-10-13-4-5-14-10/h2-7H,11H2,1H3/t7-/m1/s1.